The molecule has 0 aliphatic heterocycles. The molecule has 0 heterocycles. The van der Waals surface area contributed by atoms with E-state index >= 15 is 0 Å². The molecule has 1 rings (SSSR count). The van der Waals surface area contributed by atoms with Crippen molar-refractivity contribution in [3.63, 3.8) is 0 Å². The smallest absolute Gasteiger partial charge is 0.328 e. The average molecular weight is 231 g/mol. The Balaban J connectivity index is 2.54. The van der Waals surface area contributed by atoms with Gasteiger partial charge in [-0.2, -0.15) is 0 Å². The van der Waals surface area contributed by atoms with Gasteiger partial charge in [-0.15, -0.1) is 0 Å². The number of likely N-dealkylation sites (N-methyl/N-ethyl adjacent to an activating group) is 1. The van der Waals surface area contributed by atoms with Gasteiger partial charge in [-0.1, -0.05) is 49.6 Å². The molecule has 0 aliphatic rings. The molecule has 0 fully saturated rings. The molecule has 0 bridgehead atoms. The predicted molar refractivity (Wildman–Crippen MR) is 68.4 cm³/mol. The van der Waals surface area contributed by atoms with Crippen molar-refractivity contribution in [3.8, 4) is 0 Å². The minimum Gasteiger partial charge on any atom is -0.459 e. The first-order valence-corrected chi connectivity index (χ1v) is 5.38. The summed E-state index contributed by atoms with van der Waals surface area (Å²) >= 11 is 0. The number of hydrogen-bond donors (Lipinski definition) is 1. The SMILES string of the molecule is C=CC(=C)C(NC)C(=O)OCc1ccccc1. The lowest BCUT2D eigenvalue weighted by Gasteiger charge is -2.15. The summed E-state index contributed by atoms with van der Waals surface area (Å²) in [6, 6.07) is 9.01. The van der Waals surface area contributed by atoms with Gasteiger partial charge in [0.2, 0.25) is 0 Å². The largest absolute Gasteiger partial charge is 0.459 e. The molecule has 90 valence electrons. The molecule has 3 heteroatoms. The van der Waals surface area contributed by atoms with Crippen LogP contribution in [0.15, 0.2) is 55.1 Å². The van der Waals surface area contributed by atoms with E-state index < -0.39 is 6.04 Å². The van der Waals surface area contributed by atoms with Crippen molar-refractivity contribution in [2.75, 3.05) is 7.05 Å². The molecule has 0 aliphatic carbocycles. The highest BCUT2D eigenvalue weighted by molar-refractivity contribution is 5.80. The van der Waals surface area contributed by atoms with Gasteiger partial charge in [0.25, 0.3) is 0 Å². The van der Waals surface area contributed by atoms with Crippen LogP contribution in [0.3, 0.4) is 0 Å². The Morgan fingerprint density at radius 1 is 1.47 bits per heavy atom. The first-order chi connectivity index (χ1) is 8.19. The van der Waals surface area contributed by atoms with Crippen LogP contribution in [0.2, 0.25) is 0 Å². The number of ether oxygens (including phenoxy) is 1. The minimum absolute atomic E-state index is 0.266. The second-order valence-corrected chi connectivity index (χ2v) is 3.59. The summed E-state index contributed by atoms with van der Waals surface area (Å²) in [5, 5.41) is 2.84. The Hall–Kier alpha value is -1.87. The maximum atomic E-state index is 11.8. The monoisotopic (exact) mass is 231 g/mol. The maximum Gasteiger partial charge on any atom is 0.328 e. The predicted octanol–water partition coefficient (Wildman–Crippen LogP) is 2.06. The first-order valence-electron chi connectivity index (χ1n) is 5.38. The molecular weight excluding hydrogens is 214 g/mol. The minimum atomic E-state index is -0.531. The van der Waals surface area contributed by atoms with Crippen LogP contribution >= 0.6 is 0 Å². The van der Waals surface area contributed by atoms with Crippen molar-refractivity contribution in [1.29, 1.82) is 0 Å². The molecule has 3 nitrogen and oxygen atoms in total. The van der Waals surface area contributed by atoms with Crippen LogP contribution in [0.4, 0.5) is 0 Å². The number of benzene rings is 1. The van der Waals surface area contributed by atoms with Gasteiger partial charge >= 0.3 is 5.97 Å². The standard InChI is InChI=1S/C14H17NO2/c1-4-11(2)13(15-3)14(16)17-10-12-8-6-5-7-9-12/h4-9,13,15H,1-2,10H2,3H3. The van der Waals surface area contributed by atoms with Crippen molar-refractivity contribution < 1.29 is 9.53 Å². The third-order valence-corrected chi connectivity index (χ3v) is 2.38. The third-order valence-electron chi connectivity index (χ3n) is 2.38. The van der Waals surface area contributed by atoms with Crippen LogP contribution in [-0.4, -0.2) is 19.1 Å². The molecule has 0 saturated heterocycles. The topological polar surface area (TPSA) is 38.3 Å². The highest BCUT2D eigenvalue weighted by atomic mass is 16.5. The number of rotatable bonds is 6. The molecular formula is C14H17NO2. The average Bonchev–Trinajstić information content (AvgIpc) is 2.38. The Labute approximate surface area is 102 Å². The highest BCUT2D eigenvalue weighted by Gasteiger charge is 2.19. The van der Waals surface area contributed by atoms with E-state index in [1.807, 2.05) is 30.3 Å². The van der Waals surface area contributed by atoms with Crippen molar-refractivity contribution >= 4 is 5.97 Å². The zero-order valence-corrected chi connectivity index (χ0v) is 9.98. The quantitative estimate of drug-likeness (QED) is 0.601. The summed E-state index contributed by atoms with van der Waals surface area (Å²) < 4.78 is 5.19. The van der Waals surface area contributed by atoms with Gasteiger partial charge in [-0.3, -0.25) is 0 Å². The van der Waals surface area contributed by atoms with E-state index in [1.54, 1.807) is 13.1 Å². The highest BCUT2D eigenvalue weighted by Crippen LogP contribution is 2.06. The Bertz CT molecular complexity index is 398. The van der Waals surface area contributed by atoms with E-state index in [-0.39, 0.29) is 12.6 Å². The van der Waals surface area contributed by atoms with E-state index in [1.165, 1.54) is 0 Å². The van der Waals surface area contributed by atoms with Gasteiger partial charge in [0.1, 0.15) is 12.6 Å². The number of hydrogen-bond acceptors (Lipinski definition) is 3. The van der Waals surface area contributed by atoms with E-state index in [0.29, 0.717) is 5.57 Å². The molecule has 0 aromatic heterocycles. The number of esters is 1. The lowest BCUT2D eigenvalue weighted by atomic mass is 10.1. The first kappa shape index (κ1) is 13.2. The third kappa shape index (κ3) is 3.89. The zero-order valence-electron chi connectivity index (χ0n) is 9.98. The molecule has 1 aromatic carbocycles. The number of nitrogens with one attached hydrogen (secondary N) is 1. The molecule has 1 N–H and O–H groups in total. The van der Waals surface area contributed by atoms with Gasteiger partial charge in [0.05, 0.1) is 0 Å². The molecule has 0 radical (unpaired) electrons. The molecule has 0 amide bonds. The van der Waals surface area contributed by atoms with Crippen LogP contribution in [0.1, 0.15) is 5.56 Å². The summed E-state index contributed by atoms with van der Waals surface area (Å²) in [4.78, 5) is 11.8. The second-order valence-electron chi connectivity index (χ2n) is 3.59. The normalized spacial score (nSPS) is 11.6. The van der Waals surface area contributed by atoms with Gasteiger partial charge in [-0.25, -0.2) is 4.79 Å². The zero-order chi connectivity index (χ0) is 12.7. The fourth-order valence-electron chi connectivity index (χ4n) is 1.38. The number of carbonyl (C=O) groups is 1. The number of carbonyl (C=O) groups excluding carboxylic acids is 1. The summed E-state index contributed by atoms with van der Waals surface area (Å²) in [5.74, 6) is -0.346. The second kappa shape index (κ2) is 6.66. The summed E-state index contributed by atoms with van der Waals surface area (Å²) in [6.07, 6.45) is 1.55. The van der Waals surface area contributed by atoms with Crippen molar-refractivity contribution in [3.05, 3.63) is 60.7 Å². The fraction of sp³-hybridized carbons (Fsp3) is 0.214. The summed E-state index contributed by atoms with van der Waals surface area (Å²) in [7, 11) is 1.68. The molecule has 17 heavy (non-hydrogen) atoms. The maximum absolute atomic E-state index is 11.8. The van der Waals surface area contributed by atoms with E-state index in [9.17, 15) is 4.79 Å². The van der Waals surface area contributed by atoms with Gasteiger partial charge < -0.3 is 10.1 Å². The molecule has 1 atom stereocenters. The Morgan fingerprint density at radius 3 is 2.65 bits per heavy atom. The Kier molecular flexibility index (Phi) is 5.17. The molecule has 1 aromatic rings. The van der Waals surface area contributed by atoms with Crippen LogP contribution in [0.5, 0.6) is 0 Å². The summed E-state index contributed by atoms with van der Waals surface area (Å²) in [5.41, 5.74) is 1.56. The van der Waals surface area contributed by atoms with Crippen molar-refractivity contribution in [2.45, 2.75) is 12.6 Å². The van der Waals surface area contributed by atoms with Gasteiger partial charge in [-0.05, 0) is 18.2 Å². The summed E-state index contributed by atoms with van der Waals surface area (Å²) in [6.45, 7) is 7.59. The lowest BCUT2D eigenvalue weighted by molar-refractivity contribution is -0.146. The van der Waals surface area contributed by atoms with Crippen LogP contribution in [0.25, 0.3) is 0 Å². The van der Waals surface area contributed by atoms with Crippen LogP contribution < -0.4 is 5.32 Å². The van der Waals surface area contributed by atoms with E-state index in [2.05, 4.69) is 18.5 Å². The lowest BCUT2D eigenvalue weighted by Crippen LogP contribution is -2.36. The van der Waals surface area contributed by atoms with Crippen molar-refractivity contribution in [1.82, 2.24) is 5.32 Å². The molecule has 0 spiro atoms. The fourth-order valence-corrected chi connectivity index (χ4v) is 1.38. The van der Waals surface area contributed by atoms with E-state index in [4.69, 9.17) is 4.74 Å². The van der Waals surface area contributed by atoms with E-state index in [0.717, 1.165) is 5.56 Å². The van der Waals surface area contributed by atoms with Crippen LogP contribution in [0, 0.1) is 0 Å². The van der Waals surface area contributed by atoms with Crippen molar-refractivity contribution in [2.24, 2.45) is 0 Å². The molecule has 1 unspecified atom stereocenters. The molecule has 0 saturated carbocycles. The Morgan fingerprint density at radius 2 is 2.12 bits per heavy atom. The van der Waals surface area contributed by atoms with Crippen LogP contribution in [-0.2, 0) is 16.1 Å². The van der Waals surface area contributed by atoms with Gasteiger partial charge in [0.15, 0.2) is 0 Å². The van der Waals surface area contributed by atoms with Gasteiger partial charge in [0, 0.05) is 0 Å².